The molecule has 3 aromatic carbocycles. The van der Waals surface area contributed by atoms with Crippen molar-refractivity contribution in [2.24, 2.45) is 0 Å². The van der Waals surface area contributed by atoms with Gasteiger partial charge < -0.3 is 0 Å². The fourth-order valence-electron chi connectivity index (χ4n) is 5.20. The number of hydrogen-bond donors (Lipinski definition) is 0. The molecule has 1 fully saturated rings. The molecule has 2 nitrogen and oxygen atoms in total. The van der Waals surface area contributed by atoms with Gasteiger partial charge in [0.1, 0.15) is 11.6 Å². The Hall–Kier alpha value is -2.81. The molecular formula is C28H29FN2. The first kappa shape index (κ1) is 20.1. The van der Waals surface area contributed by atoms with E-state index in [0.29, 0.717) is 17.0 Å². The van der Waals surface area contributed by atoms with Gasteiger partial charge in [-0.05, 0) is 66.8 Å². The fourth-order valence-corrected chi connectivity index (χ4v) is 5.20. The summed E-state index contributed by atoms with van der Waals surface area (Å²) >= 11 is 0. The van der Waals surface area contributed by atoms with Gasteiger partial charge in [0.2, 0.25) is 0 Å². The molecule has 1 aromatic heterocycles. The standard InChI is InChI=1S/C28H29FN2/c1-4-24-30-27(21-12-10-20(11-13-21)19-8-6-5-7-9-19)23-15-14-22-16-17(2)26(29)18(3)25(22)28(23)31-24/h10-16,19H,4-9H2,1-3H3. The van der Waals surface area contributed by atoms with E-state index >= 15 is 0 Å². The summed E-state index contributed by atoms with van der Waals surface area (Å²) in [5, 5.41) is 2.92. The van der Waals surface area contributed by atoms with Crippen LogP contribution < -0.4 is 0 Å². The molecule has 0 saturated heterocycles. The molecule has 4 aromatic rings. The zero-order chi connectivity index (χ0) is 21.5. The SMILES string of the molecule is CCc1nc(-c2ccc(C3CCCCC3)cc2)c2ccc3cc(C)c(F)c(C)c3c2n1. The van der Waals surface area contributed by atoms with Gasteiger partial charge in [-0.3, -0.25) is 0 Å². The largest absolute Gasteiger partial charge is 0.232 e. The maximum absolute atomic E-state index is 14.8. The highest BCUT2D eigenvalue weighted by molar-refractivity contribution is 6.10. The second-order valence-electron chi connectivity index (χ2n) is 8.99. The van der Waals surface area contributed by atoms with Gasteiger partial charge in [0.15, 0.2) is 0 Å². The minimum absolute atomic E-state index is 0.143. The van der Waals surface area contributed by atoms with E-state index in [9.17, 15) is 4.39 Å². The summed E-state index contributed by atoms with van der Waals surface area (Å²) in [5.74, 6) is 1.34. The van der Waals surface area contributed by atoms with Crippen molar-refractivity contribution in [3.63, 3.8) is 0 Å². The summed E-state index contributed by atoms with van der Waals surface area (Å²) in [4.78, 5) is 9.76. The number of aromatic nitrogens is 2. The van der Waals surface area contributed by atoms with Crippen LogP contribution in [0.4, 0.5) is 4.39 Å². The molecular weight excluding hydrogens is 383 g/mol. The van der Waals surface area contributed by atoms with Crippen LogP contribution >= 0.6 is 0 Å². The average molecular weight is 413 g/mol. The van der Waals surface area contributed by atoms with Crippen LogP contribution in [-0.4, -0.2) is 9.97 Å². The summed E-state index contributed by atoms with van der Waals surface area (Å²) in [6, 6.07) is 15.1. The molecule has 1 saturated carbocycles. The second kappa shape index (κ2) is 8.03. The van der Waals surface area contributed by atoms with E-state index in [1.54, 1.807) is 0 Å². The molecule has 0 spiro atoms. The van der Waals surface area contributed by atoms with E-state index in [-0.39, 0.29) is 5.82 Å². The van der Waals surface area contributed by atoms with E-state index < -0.39 is 0 Å². The van der Waals surface area contributed by atoms with Gasteiger partial charge in [-0.25, -0.2) is 14.4 Å². The Bertz CT molecular complexity index is 1270. The lowest BCUT2D eigenvalue weighted by molar-refractivity contribution is 0.443. The number of hydrogen-bond acceptors (Lipinski definition) is 2. The van der Waals surface area contributed by atoms with Gasteiger partial charge in [-0.1, -0.05) is 56.5 Å². The monoisotopic (exact) mass is 412 g/mol. The van der Waals surface area contributed by atoms with Gasteiger partial charge in [0.25, 0.3) is 0 Å². The Morgan fingerprint density at radius 3 is 2.39 bits per heavy atom. The van der Waals surface area contributed by atoms with E-state index in [4.69, 9.17) is 9.97 Å². The maximum Gasteiger partial charge on any atom is 0.129 e. The summed E-state index contributed by atoms with van der Waals surface area (Å²) in [5.41, 5.74) is 5.68. The van der Waals surface area contributed by atoms with Crippen LogP contribution in [0, 0.1) is 19.7 Å². The van der Waals surface area contributed by atoms with Crippen molar-refractivity contribution >= 4 is 21.7 Å². The number of rotatable bonds is 3. The van der Waals surface area contributed by atoms with E-state index in [0.717, 1.165) is 45.2 Å². The number of aryl methyl sites for hydroxylation is 3. The van der Waals surface area contributed by atoms with Crippen molar-refractivity contribution < 1.29 is 4.39 Å². The molecule has 0 aliphatic heterocycles. The zero-order valence-electron chi connectivity index (χ0n) is 18.6. The van der Waals surface area contributed by atoms with Gasteiger partial charge >= 0.3 is 0 Å². The maximum atomic E-state index is 14.8. The number of fused-ring (bicyclic) bond motifs is 3. The lowest BCUT2D eigenvalue weighted by Crippen LogP contribution is -2.04. The van der Waals surface area contributed by atoms with Gasteiger partial charge in [-0.15, -0.1) is 0 Å². The second-order valence-corrected chi connectivity index (χ2v) is 8.99. The molecule has 0 N–H and O–H groups in total. The third-order valence-electron chi connectivity index (χ3n) is 6.95. The zero-order valence-corrected chi connectivity index (χ0v) is 18.6. The minimum Gasteiger partial charge on any atom is -0.232 e. The van der Waals surface area contributed by atoms with Gasteiger partial charge in [0, 0.05) is 22.8 Å². The van der Waals surface area contributed by atoms with Crippen molar-refractivity contribution in [3.8, 4) is 11.3 Å². The van der Waals surface area contributed by atoms with Crippen molar-refractivity contribution in [3.05, 3.63) is 70.8 Å². The molecule has 31 heavy (non-hydrogen) atoms. The number of benzene rings is 3. The van der Waals surface area contributed by atoms with E-state index in [2.05, 4.69) is 43.3 Å². The smallest absolute Gasteiger partial charge is 0.129 e. The molecule has 0 atom stereocenters. The molecule has 1 aliphatic rings. The molecule has 1 heterocycles. The van der Waals surface area contributed by atoms with Crippen LogP contribution in [0.25, 0.3) is 32.9 Å². The molecule has 0 radical (unpaired) electrons. The Morgan fingerprint density at radius 2 is 1.68 bits per heavy atom. The predicted molar refractivity (Wildman–Crippen MR) is 127 cm³/mol. The lowest BCUT2D eigenvalue weighted by atomic mass is 9.84. The Kier molecular flexibility index (Phi) is 5.21. The van der Waals surface area contributed by atoms with Crippen LogP contribution in [0.15, 0.2) is 42.5 Å². The first-order valence-corrected chi connectivity index (χ1v) is 11.6. The highest BCUT2D eigenvalue weighted by atomic mass is 19.1. The van der Waals surface area contributed by atoms with E-state index in [1.165, 1.54) is 37.7 Å². The van der Waals surface area contributed by atoms with Crippen LogP contribution in [0.5, 0.6) is 0 Å². The van der Waals surface area contributed by atoms with Crippen LogP contribution in [0.2, 0.25) is 0 Å². The summed E-state index contributed by atoms with van der Waals surface area (Å²) < 4.78 is 14.8. The topological polar surface area (TPSA) is 25.8 Å². The third kappa shape index (κ3) is 3.50. The average Bonchev–Trinajstić information content (AvgIpc) is 2.82. The highest BCUT2D eigenvalue weighted by Crippen LogP contribution is 2.36. The fraction of sp³-hybridized carbons (Fsp3) is 0.357. The molecule has 0 bridgehead atoms. The summed E-state index contributed by atoms with van der Waals surface area (Å²) in [6.07, 6.45) is 7.39. The molecule has 0 unspecified atom stereocenters. The minimum atomic E-state index is -0.143. The quantitative estimate of drug-likeness (QED) is 0.321. The summed E-state index contributed by atoms with van der Waals surface area (Å²) in [7, 11) is 0. The predicted octanol–water partition coefficient (Wildman–Crippen LogP) is 7.82. The summed E-state index contributed by atoms with van der Waals surface area (Å²) in [6.45, 7) is 5.75. The Morgan fingerprint density at radius 1 is 0.935 bits per heavy atom. The molecule has 158 valence electrons. The van der Waals surface area contributed by atoms with Crippen LogP contribution in [-0.2, 0) is 6.42 Å². The molecule has 3 heteroatoms. The van der Waals surface area contributed by atoms with Crippen LogP contribution in [0.3, 0.4) is 0 Å². The first-order chi connectivity index (χ1) is 15.1. The number of halogens is 1. The molecule has 0 amide bonds. The Balaban J connectivity index is 1.69. The van der Waals surface area contributed by atoms with E-state index in [1.807, 2.05) is 19.9 Å². The highest BCUT2D eigenvalue weighted by Gasteiger charge is 2.18. The van der Waals surface area contributed by atoms with Crippen molar-refractivity contribution in [1.29, 1.82) is 0 Å². The third-order valence-corrected chi connectivity index (χ3v) is 6.95. The number of nitrogens with zero attached hydrogens (tertiary/aromatic N) is 2. The first-order valence-electron chi connectivity index (χ1n) is 11.6. The van der Waals surface area contributed by atoms with Gasteiger partial charge in [-0.2, -0.15) is 0 Å². The Labute approximate surface area is 183 Å². The van der Waals surface area contributed by atoms with Gasteiger partial charge in [0.05, 0.1) is 11.2 Å². The van der Waals surface area contributed by atoms with Crippen molar-refractivity contribution in [2.45, 2.75) is 65.2 Å². The molecule has 5 rings (SSSR count). The van der Waals surface area contributed by atoms with Crippen molar-refractivity contribution in [2.75, 3.05) is 0 Å². The molecule has 1 aliphatic carbocycles. The van der Waals surface area contributed by atoms with Crippen LogP contribution in [0.1, 0.15) is 67.5 Å². The van der Waals surface area contributed by atoms with Crippen molar-refractivity contribution in [1.82, 2.24) is 9.97 Å². The lowest BCUT2D eigenvalue weighted by Gasteiger charge is -2.22. The normalized spacial score (nSPS) is 15.1.